The van der Waals surface area contributed by atoms with E-state index in [1.807, 2.05) is 0 Å². The van der Waals surface area contributed by atoms with Crippen LogP contribution in [0, 0.1) is 5.92 Å². The molecule has 1 aromatic rings. The molecule has 6 rings (SSSR count). The number of carbonyl (C=O) groups excluding carboxylic acids is 1. The Morgan fingerprint density at radius 3 is 2.18 bits per heavy atom. The third kappa shape index (κ3) is 6.92. The molecule has 1 spiro atoms. The molecule has 7 nitrogen and oxygen atoms in total. The number of aryl methyl sites for hydroxylation is 1. The van der Waals surface area contributed by atoms with Crippen molar-refractivity contribution in [1.82, 2.24) is 26.3 Å². The topological polar surface area (TPSA) is 77.7 Å². The fourth-order valence-corrected chi connectivity index (χ4v) is 9.28. The van der Waals surface area contributed by atoms with Gasteiger partial charge in [-0.15, -0.1) is 0 Å². The molecular formula is C37H61N5O2. The van der Waals surface area contributed by atoms with Crippen LogP contribution in [0.2, 0.25) is 0 Å². The summed E-state index contributed by atoms with van der Waals surface area (Å²) in [5.41, 5.74) is 7.31. The number of hydroxylamine groups is 1. The first kappa shape index (κ1) is 32.4. The normalized spacial score (nSPS) is 32.8. The monoisotopic (exact) mass is 607 g/mol. The lowest BCUT2D eigenvalue weighted by molar-refractivity contribution is -0.127. The summed E-state index contributed by atoms with van der Waals surface area (Å²) in [7, 11) is 2.19. The molecule has 0 radical (unpaired) electrons. The maximum Gasteiger partial charge on any atom is 0.252 e. The van der Waals surface area contributed by atoms with Crippen molar-refractivity contribution in [1.29, 1.82) is 0 Å². The number of nitrogens with one attached hydrogen (secondary N) is 4. The Balaban J connectivity index is 1.15. The van der Waals surface area contributed by atoms with Crippen LogP contribution in [0.4, 0.5) is 0 Å². The minimum absolute atomic E-state index is 0.0246. The van der Waals surface area contributed by atoms with Crippen LogP contribution in [0.25, 0.3) is 0 Å². The maximum absolute atomic E-state index is 13.8. The molecule has 3 aliphatic carbocycles. The minimum Gasteiger partial charge on any atom is -0.347 e. The Morgan fingerprint density at radius 2 is 1.55 bits per heavy atom. The summed E-state index contributed by atoms with van der Waals surface area (Å²) in [5, 5.41) is 11.1. The Morgan fingerprint density at radius 1 is 0.909 bits per heavy atom. The molecule has 2 heterocycles. The number of hydrogen-bond donors (Lipinski definition) is 4. The van der Waals surface area contributed by atoms with Gasteiger partial charge in [-0.05, 0) is 74.6 Å². The molecule has 2 saturated heterocycles. The van der Waals surface area contributed by atoms with Gasteiger partial charge in [-0.2, -0.15) is 5.48 Å². The first-order chi connectivity index (χ1) is 21.5. The van der Waals surface area contributed by atoms with Gasteiger partial charge in [-0.25, -0.2) is 0 Å². The van der Waals surface area contributed by atoms with Crippen LogP contribution in [0.1, 0.15) is 158 Å². The molecule has 4 N–H and O–H groups in total. The van der Waals surface area contributed by atoms with Gasteiger partial charge in [0.1, 0.15) is 18.1 Å². The van der Waals surface area contributed by atoms with Crippen LogP contribution in [0.15, 0.2) is 18.2 Å². The van der Waals surface area contributed by atoms with E-state index in [2.05, 4.69) is 58.5 Å². The zero-order chi connectivity index (χ0) is 30.4. The number of fused-ring (bicyclic) bond motifs is 1. The predicted octanol–water partition coefficient (Wildman–Crippen LogP) is 7.07. The van der Waals surface area contributed by atoms with Crippen LogP contribution in [0.5, 0.6) is 0 Å². The van der Waals surface area contributed by atoms with E-state index in [1.54, 1.807) is 0 Å². The highest BCUT2D eigenvalue weighted by molar-refractivity contribution is 5.82. The van der Waals surface area contributed by atoms with Gasteiger partial charge < -0.3 is 5.32 Å². The van der Waals surface area contributed by atoms with Gasteiger partial charge in [0, 0.05) is 12.1 Å². The molecule has 44 heavy (non-hydrogen) atoms. The average Bonchev–Trinajstić information content (AvgIpc) is 3.75. The highest BCUT2D eigenvalue weighted by atomic mass is 16.7. The van der Waals surface area contributed by atoms with E-state index in [4.69, 9.17) is 4.84 Å². The van der Waals surface area contributed by atoms with Crippen molar-refractivity contribution in [3.8, 4) is 0 Å². The third-order valence-electron chi connectivity index (χ3n) is 12.1. The van der Waals surface area contributed by atoms with Crippen molar-refractivity contribution in [2.24, 2.45) is 5.92 Å². The lowest BCUT2D eigenvalue weighted by Crippen LogP contribution is -2.53. The molecule has 3 unspecified atom stereocenters. The van der Waals surface area contributed by atoms with E-state index in [-0.39, 0.29) is 35.5 Å². The van der Waals surface area contributed by atoms with Crippen molar-refractivity contribution in [2.75, 3.05) is 13.6 Å². The highest BCUT2D eigenvalue weighted by Gasteiger charge is 2.48. The molecular weight excluding hydrogens is 546 g/mol. The average molecular weight is 608 g/mol. The molecule has 7 heteroatoms. The smallest absolute Gasteiger partial charge is 0.252 e. The summed E-state index contributed by atoms with van der Waals surface area (Å²) in [6.07, 6.45) is 26.2. The van der Waals surface area contributed by atoms with Gasteiger partial charge in [-0.3, -0.25) is 25.2 Å². The molecule has 5 aliphatic rings. The quantitative estimate of drug-likeness (QED) is 0.287. The van der Waals surface area contributed by atoms with Crippen LogP contribution in [-0.4, -0.2) is 42.3 Å². The zero-order valence-corrected chi connectivity index (χ0v) is 27.9. The first-order valence-electron chi connectivity index (χ1n) is 18.7. The van der Waals surface area contributed by atoms with Gasteiger partial charge in [0.2, 0.25) is 0 Å². The Kier molecular flexibility index (Phi) is 11.0. The van der Waals surface area contributed by atoms with Crippen molar-refractivity contribution in [3.05, 3.63) is 34.9 Å². The molecule has 4 atom stereocenters. The Hall–Kier alpha value is -1.51. The number of hydrogen-bond acceptors (Lipinski definition) is 6. The first-order valence-corrected chi connectivity index (χ1v) is 18.7. The van der Waals surface area contributed by atoms with E-state index >= 15 is 0 Å². The Labute approximate surface area is 267 Å². The second kappa shape index (κ2) is 14.9. The van der Waals surface area contributed by atoms with Gasteiger partial charge >= 0.3 is 0 Å². The number of likely N-dealkylation sites (N-methyl/N-ethyl adjacent to an activating group) is 1. The van der Waals surface area contributed by atoms with Crippen molar-refractivity contribution < 1.29 is 9.63 Å². The summed E-state index contributed by atoms with van der Waals surface area (Å²) in [4.78, 5) is 22.3. The molecule has 1 aromatic carbocycles. The molecule has 0 aromatic heterocycles. The fourth-order valence-electron chi connectivity index (χ4n) is 9.28. The fraction of sp³-hybridized carbons (Fsp3) is 0.811. The molecule has 2 saturated carbocycles. The predicted molar refractivity (Wildman–Crippen MR) is 178 cm³/mol. The van der Waals surface area contributed by atoms with E-state index < -0.39 is 0 Å². The van der Waals surface area contributed by atoms with Gasteiger partial charge in [0.05, 0.1) is 6.04 Å². The van der Waals surface area contributed by atoms with Crippen LogP contribution in [-0.2, 0) is 21.7 Å². The van der Waals surface area contributed by atoms with E-state index in [0.29, 0.717) is 5.92 Å². The number of rotatable bonds is 5. The number of carbonyl (C=O) groups is 1. The van der Waals surface area contributed by atoms with E-state index in [9.17, 15) is 4.79 Å². The van der Waals surface area contributed by atoms with Gasteiger partial charge in [-0.1, -0.05) is 115 Å². The molecule has 4 fully saturated rings. The lowest BCUT2D eigenvalue weighted by Gasteiger charge is -2.38. The van der Waals surface area contributed by atoms with Crippen molar-refractivity contribution in [3.63, 3.8) is 0 Å². The minimum atomic E-state index is -0.351. The maximum atomic E-state index is 13.8. The Bertz CT molecular complexity index is 1080. The molecule has 246 valence electrons. The zero-order valence-electron chi connectivity index (χ0n) is 27.9. The summed E-state index contributed by atoms with van der Waals surface area (Å²) < 4.78 is 0. The summed E-state index contributed by atoms with van der Waals surface area (Å²) in [6, 6.07) is 7.13. The van der Waals surface area contributed by atoms with Crippen LogP contribution < -0.4 is 21.4 Å². The molecule has 1 amide bonds. The largest absolute Gasteiger partial charge is 0.347 e. The lowest BCUT2D eigenvalue weighted by atomic mass is 9.78. The second-order valence-electron chi connectivity index (χ2n) is 14.9. The summed E-state index contributed by atoms with van der Waals surface area (Å²) in [6.45, 7) is 3.12. The van der Waals surface area contributed by atoms with Crippen LogP contribution >= 0.6 is 0 Å². The highest BCUT2D eigenvalue weighted by Crippen LogP contribution is 2.42. The number of benzene rings is 1. The van der Waals surface area contributed by atoms with Crippen molar-refractivity contribution in [2.45, 2.75) is 171 Å². The molecule has 0 bridgehead atoms. The summed E-state index contributed by atoms with van der Waals surface area (Å²) >= 11 is 0. The number of amides is 1. The van der Waals surface area contributed by atoms with Gasteiger partial charge in [0.25, 0.3) is 5.91 Å². The van der Waals surface area contributed by atoms with Crippen molar-refractivity contribution >= 4 is 5.91 Å². The van der Waals surface area contributed by atoms with E-state index in [1.165, 1.54) is 132 Å². The SMILES string of the molecule is CCC1NC(c2ccc3c(c2)CC[C@H]3NC(=O)C2NCC3(CCCCCCCCC3)N2C)(C2CCCCCCCCC2)NO1. The van der Waals surface area contributed by atoms with Gasteiger partial charge in [0.15, 0.2) is 0 Å². The third-order valence-corrected chi connectivity index (χ3v) is 12.1. The summed E-state index contributed by atoms with van der Waals surface area (Å²) in [5.74, 6) is 0.630. The molecule has 2 aliphatic heterocycles. The number of nitrogens with zero attached hydrogens (tertiary/aromatic N) is 1. The van der Waals surface area contributed by atoms with E-state index in [0.717, 1.165) is 25.8 Å². The van der Waals surface area contributed by atoms with Crippen LogP contribution in [0.3, 0.4) is 0 Å². The second-order valence-corrected chi connectivity index (χ2v) is 14.9. The standard InChI is InChI=1S/C37H61N5O2/c1-3-33-40-37(41-44-33,29-18-14-10-6-4-7-11-15-19-29)30-21-22-31-28(26-30)20-23-32(31)39-35(43)34-38-27-36(42(34)2)24-16-12-8-5-9-13-17-25-36/h21-22,26,29,32-34,38,40-41H,3-20,23-25,27H2,1-2H3,(H,39,43)/t32-,33?,34?,37?/m1/s1.